The molecule has 0 fully saturated rings. The quantitative estimate of drug-likeness (QED) is 0.583. The second kappa shape index (κ2) is 7.57. The van der Waals surface area contributed by atoms with Crippen LogP contribution in [0.1, 0.15) is 24.8 Å². The van der Waals surface area contributed by atoms with Crippen LogP contribution in [0, 0.1) is 0 Å². The molecule has 0 saturated heterocycles. The van der Waals surface area contributed by atoms with Crippen LogP contribution in [0.15, 0.2) is 52.5 Å². The molecule has 0 aliphatic heterocycles. The van der Waals surface area contributed by atoms with E-state index in [1.165, 1.54) is 12.2 Å². The monoisotopic (exact) mass is 351 g/mol. The maximum absolute atomic E-state index is 12.3. The number of rotatable bonds is 6. The SMILES string of the molecule is O=C(CCCc1ccc(O)cc1)C1=CC=C(O)CC1=NP(=O)(O)O. The van der Waals surface area contributed by atoms with Crippen LogP contribution < -0.4 is 0 Å². The van der Waals surface area contributed by atoms with E-state index in [1.54, 1.807) is 24.3 Å². The number of hydrogen-bond donors (Lipinski definition) is 4. The van der Waals surface area contributed by atoms with Crippen LogP contribution >= 0.6 is 7.75 Å². The summed E-state index contributed by atoms with van der Waals surface area (Å²) in [7, 11) is -4.68. The Morgan fingerprint density at radius 2 is 1.79 bits per heavy atom. The van der Waals surface area contributed by atoms with Gasteiger partial charge in [0, 0.05) is 18.4 Å². The Balaban J connectivity index is 2.02. The molecule has 0 unspecified atom stereocenters. The van der Waals surface area contributed by atoms with Gasteiger partial charge in [-0.2, -0.15) is 4.76 Å². The minimum atomic E-state index is -4.68. The summed E-state index contributed by atoms with van der Waals surface area (Å²) >= 11 is 0. The van der Waals surface area contributed by atoms with Gasteiger partial charge in [0.15, 0.2) is 5.78 Å². The molecule has 1 aliphatic carbocycles. The van der Waals surface area contributed by atoms with E-state index in [9.17, 15) is 19.6 Å². The summed E-state index contributed by atoms with van der Waals surface area (Å²) in [6.07, 6.45) is 3.83. The molecule has 0 heterocycles. The lowest BCUT2D eigenvalue weighted by molar-refractivity contribution is -0.115. The highest BCUT2D eigenvalue weighted by molar-refractivity contribution is 7.50. The Hall–Kier alpha value is -2.21. The summed E-state index contributed by atoms with van der Waals surface area (Å²) < 4.78 is 14.3. The molecule has 0 bridgehead atoms. The molecule has 0 atom stereocenters. The summed E-state index contributed by atoms with van der Waals surface area (Å²) in [5.41, 5.74) is 0.986. The molecule has 0 amide bonds. The molecule has 1 aromatic carbocycles. The van der Waals surface area contributed by atoms with Crippen molar-refractivity contribution in [3.63, 3.8) is 0 Å². The lowest BCUT2D eigenvalue weighted by Crippen LogP contribution is -2.16. The summed E-state index contributed by atoms with van der Waals surface area (Å²) in [4.78, 5) is 30.2. The van der Waals surface area contributed by atoms with E-state index in [0.29, 0.717) is 12.8 Å². The number of hydrogen-bond acceptors (Lipinski definition) is 4. The molecule has 8 heteroatoms. The molecule has 128 valence electrons. The summed E-state index contributed by atoms with van der Waals surface area (Å²) in [5, 5.41) is 18.7. The normalized spacial score (nSPS) is 16.7. The van der Waals surface area contributed by atoms with E-state index in [-0.39, 0.29) is 41.4 Å². The molecule has 1 aliphatic rings. The number of phenolic OH excluding ortho intramolecular Hbond substituents is 1. The van der Waals surface area contributed by atoms with Gasteiger partial charge in [-0.1, -0.05) is 12.1 Å². The number of aliphatic hydroxyl groups is 1. The first kappa shape index (κ1) is 18.1. The number of aromatic hydroxyl groups is 1. The van der Waals surface area contributed by atoms with Crippen molar-refractivity contribution in [3.8, 4) is 5.75 Å². The summed E-state index contributed by atoms with van der Waals surface area (Å²) in [5.74, 6) is -0.223. The van der Waals surface area contributed by atoms with E-state index in [1.807, 2.05) is 0 Å². The van der Waals surface area contributed by atoms with Crippen LogP contribution in [-0.2, 0) is 15.8 Å². The Kier molecular flexibility index (Phi) is 5.72. The fourth-order valence-electron chi connectivity index (χ4n) is 2.35. The van der Waals surface area contributed by atoms with Crippen molar-refractivity contribution < 1.29 is 29.4 Å². The zero-order valence-corrected chi connectivity index (χ0v) is 13.7. The molecule has 7 nitrogen and oxygen atoms in total. The predicted octanol–water partition coefficient (Wildman–Crippen LogP) is 2.59. The van der Waals surface area contributed by atoms with Crippen molar-refractivity contribution >= 4 is 19.2 Å². The van der Waals surface area contributed by atoms with Gasteiger partial charge < -0.3 is 20.0 Å². The van der Waals surface area contributed by atoms with Gasteiger partial charge in [0.05, 0.1) is 11.5 Å². The number of aliphatic hydroxyl groups excluding tert-OH is 1. The van der Waals surface area contributed by atoms with E-state index in [4.69, 9.17) is 9.79 Å². The molecule has 0 aromatic heterocycles. The third kappa shape index (κ3) is 5.45. The summed E-state index contributed by atoms with van der Waals surface area (Å²) in [6, 6.07) is 6.67. The van der Waals surface area contributed by atoms with Crippen LogP contribution in [0.3, 0.4) is 0 Å². The van der Waals surface area contributed by atoms with Gasteiger partial charge in [-0.05, 0) is 42.7 Å². The fraction of sp³-hybridized carbons (Fsp3) is 0.250. The maximum Gasteiger partial charge on any atom is 0.448 e. The third-order valence-electron chi connectivity index (χ3n) is 3.46. The molecule has 1 aromatic rings. The van der Waals surface area contributed by atoms with Gasteiger partial charge in [-0.3, -0.25) is 4.79 Å². The van der Waals surface area contributed by atoms with Crippen molar-refractivity contribution in [1.29, 1.82) is 0 Å². The van der Waals surface area contributed by atoms with Crippen LogP contribution in [-0.4, -0.2) is 31.5 Å². The predicted molar refractivity (Wildman–Crippen MR) is 88.9 cm³/mol. The number of ketones is 1. The fourth-order valence-corrected chi connectivity index (χ4v) is 2.85. The standard InChI is InChI=1S/C16H18NO6P/c18-12-6-4-11(5-7-12)2-1-3-16(20)14-9-8-13(19)10-15(14)17-24(21,22)23/h4-9,18-19H,1-3,10H2,(H2,21,22,23). The average molecular weight is 351 g/mol. The number of allylic oxidation sites excluding steroid dienone is 4. The van der Waals surface area contributed by atoms with Gasteiger partial charge in [0.2, 0.25) is 0 Å². The molecule has 2 rings (SSSR count). The lowest BCUT2D eigenvalue weighted by atomic mass is 9.94. The smallest absolute Gasteiger partial charge is 0.448 e. The number of aryl methyl sites for hydroxylation is 1. The highest BCUT2D eigenvalue weighted by atomic mass is 31.2. The van der Waals surface area contributed by atoms with Crippen LogP contribution in [0.4, 0.5) is 0 Å². The van der Waals surface area contributed by atoms with Gasteiger partial charge in [0.25, 0.3) is 0 Å². The Bertz CT molecular complexity index is 757. The number of Topliss-reactive ketones (excluding diaryl/α,β-unsaturated/α-hetero) is 1. The average Bonchev–Trinajstić information content (AvgIpc) is 2.47. The first-order valence-electron chi connectivity index (χ1n) is 7.30. The summed E-state index contributed by atoms with van der Waals surface area (Å²) in [6.45, 7) is 0. The van der Waals surface area contributed by atoms with Gasteiger partial charge in [-0.15, -0.1) is 0 Å². The number of nitrogens with zero attached hydrogens (tertiary/aromatic N) is 1. The van der Waals surface area contributed by atoms with Crippen molar-refractivity contribution in [3.05, 3.63) is 53.3 Å². The molecule has 4 N–H and O–H groups in total. The van der Waals surface area contributed by atoms with Crippen LogP contribution in [0.25, 0.3) is 0 Å². The minimum absolute atomic E-state index is 0.0991. The highest BCUT2D eigenvalue weighted by Gasteiger charge is 2.23. The first-order valence-corrected chi connectivity index (χ1v) is 8.87. The molecule has 0 radical (unpaired) electrons. The van der Waals surface area contributed by atoms with E-state index >= 15 is 0 Å². The highest BCUT2D eigenvalue weighted by Crippen LogP contribution is 2.38. The number of phenols is 1. The van der Waals surface area contributed by atoms with Crippen molar-refractivity contribution in [2.24, 2.45) is 4.76 Å². The molecular weight excluding hydrogens is 333 g/mol. The molecule has 0 spiro atoms. The zero-order valence-electron chi connectivity index (χ0n) is 12.8. The zero-order chi connectivity index (χ0) is 17.7. The van der Waals surface area contributed by atoms with E-state index < -0.39 is 7.75 Å². The Morgan fingerprint density at radius 3 is 2.42 bits per heavy atom. The van der Waals surface area contributed by atoms with Crippen molar-refractivity contribution in [1.82, 2.24) is 0 Å². The van der Waals surface area contributed by atoms with Crippen molar-refractivity contribution in [2.45, 2.75) is 25.7 Å². The maximum atomic E-state index is 12.3. The van der Waals surface area contributed by atoms with Gasteiger partial charge in [0.1, 0.15) is 5.75 Å². The Labute approximate surface area is 138 Å². The van der Waals surface area contributed by atoms with Gasteiger partial charge in [-0.25, -0.2) is 4.57 Å². The topological polar surface area (TPSA) is 127 Å². The molecule has 24 heavy (non-hydrogen) atoms. The number of carbonyl (C=O) groups excluding carboxylic acids is 1. The van der Waals surface area contributed by atoms with Crippen LogP contribution in [0.5, 0.6) is 5.75 Å². The van der Waals surface area contributed by atoms with Gasteiger partial charge >= 0.3 is 7.75 Å². The van der Waals surface area contributed by atoms with E-state index in [2.05, 4.69) is 4.76 Å². The van der Waals surface area contributed by atoms with Crippen LogP contribution in [0.2, 0.25) is 0 Å². The minimum Gasteiger partial charge on any atom is -0.512 e. The third-order valence-corrected chi connectivity index (χ3v) is 3.96. The second-order valence-corrected chi connectivity index (χ2v) is 6.64. The number of benzene rings is 1. The lowest BCUT2D eigenvalue weighted by Gasteiger charge is -2.14. The first-order chi connectivity index (χ1) is 11.2. The number of carbonyl (C=O) groups is 1. The van der Waals surface area contributed by atoms with E-state index in [0.717, 1.165) is 5.56 Å². The van der Waals surface area contributed by atoms with Crippen molar-refractivity contribution in [2.75, 3.05) is 0 Å². The molecule has 0 saturated carbocycles. The molecular formula is C16H18NO6P. The Morgan fingerprint density at radius 1 is 1.12 bits per heavy atom. The second-order valence-electron chi connectivity index (χ2n) is 5.42. The largest absolute Gasteiger partial charge is 0.512 e.